The molecule has 0 unspecified atom stereocenters. The Morgan fingerprint density at radius 1 is 1.44 bits per heavy atom. The second kappa shape index (κ2) is 4.30. The van der Waals surface area contributed by atoms with Crippen LogP contribution in [0.5, 0.6) is 5.88 Å². The highest BCUT2D eigenvalue weighted by Gasteiger charge is 2.14. The van der Waals surface area contributed by atoms with Gasteiger partial charge in [-0.25, -0.2) is 9.98 Å². The number of thioether (sulfide) groups is 1. The third-order valence-electron chi connectivity index (χ3n) is 2.61. The number of hydrogen-bond donors (Lipinski definition) is 2. The van der Waals surface area contributed by atoms with Crippen LogP contribution in [-0.4, -0.2) is 32.5 Å². The molecule has 0 aromatic carbocycles. The van der Waals surface area contributed by atoms with E-state index in [-0.39, 0.29) is 5.88 Å². The van der Waals surface area contributed by atoms with E-state index in [1.807, 2.05) is 24.5 Å². The van der Waals surface area contributed by atoms with Gasteiger partial charge in [-0.1, -0.05) is 11.8 Å². The fourth-order valence-corrected chi connectivity index (χ4v) is 2.14. The van der Waals surface area contributed by atoms with Crippen LogP contribution in [0, 0.1) is 0 Å². The molecular formula is C12H10N4OS. The fourth-order valence-electron chi connectivity index (χ4n) is 1.75. The van der Waals surface area contributed by atoms with Gasteiger partial charge in [-0.2, -0.15) is 4.98 Å². The zero-order chi connectivity index (χ0) is 12.5. The standard InChI is InChI=1S/C12H10N4OS/c1-18-12-15-9(11(17)16-12)5-7-6-14-10-8(7)3-2-4-13-10/h2-6,17H,1H3,(H,15,16)/b7-5-. The van der Waals surface area contributed by atoms with Crippen molar-refractivity contribution < 1.29 is 5.11 Å². The van der Waals surface area contributed by atoms with E-state index in [0.29, 0.717) is 16.7 Å². The number of aliphatic imine (C=N–C) groups is 1. The van der Waals surface area contributed by atoms with E-state index in [0.717, 1.165) is 11.1 Å². The second-order valence-corrected chi connectivity index (χ2v) is 4.51. The predicted molar refractivity (Wildman–Crippen MR) is 72.3 cm³/mol. The summed E-state index contributed by atoms with van der Waals surface area (Å²) in [5, 5.41) is 10.4. The Bertz CT molecular complexity index is 660. The summed E-state index contributed by atoms with van der Waals surface area (Å²) >= 11 is 1.45. The Balaban J connectivity index is 2.03. The van der Waals surface area contributed by atoms with Gasteiger partial charge in [0.15, 0.2) is 11.0 Å². The molecule has 0 aliphatic carbocycles. The van der Waals surface area contributed by atoms with Crippen LogP contribution >= 0.6 is 11.8 Å². The quantitative estimate of drug-likeness (QED) is 0.811. The van der Waals surface area contributed by atoms with E-state index in [1.165, 1.54) is 11.8 Å². The average molecular weight is 258 g/mol. The summed E-state index contributed by atoms with van der Waals surface area (Å²) in [5.74, 6) is 0.699. The predicted octanol–water partition coefficient (Wildman–Crippen LogP) is 2.49. The van der Waals surface area contributed by atoms with Crippen molar-refractivity contribution in [2.75, 3.05) is 6.26 Å². The molecule has 0 atom stereocenters. The number of nitrogens with one attached hydrogen (secondary N) is 1. The van der Waals surface area contributed by atoms with Crippen molar-refractivity contribution in [3.63, 3.8) is 0 Å². The maximum Gasteiger partial charge on any atom is 0.237 e. The molecule has 0 amide bonds. The molecule has 2 aromatic rings. The molecule has 3 rings (SSSR count). The zero-order valence-electron chi connectivity index (χ0n) is 9.58. The van der Waals surface area contributed by atoms with Crippen LogP contribution in [0.1, 0.15) is 11.3 Å². The molecule has 5 nitrogen and oxygen atoms in total. The van der Waals surface area contributed by atoms with Gasteiger partial charge in [0.05, 0.1) is 0 Å². The summed E-state index contributed by atoms with van der Waals surface area (Å²) in [5.41, 5.74) is 2.44. The third kappa shape index (κ3) is 1.80. The highest BCUT2D eigenvalue weighted by molar-refractivity contribution is 7.98. The van der Waals surface area contributed by atoms with Crippen LogP contribution in [0.25, 0.3) is 11.6 Å². The lowest BCUT2D eigenvalue weighted by molar-refractivity contribution is 0.453. The lowest BCUT2D eigenvalue weighted by atomic mass is 10.1. The van der Waals surface area contributed by atoms with Crippen molar-refractivity contribution in [1.29, 1.82) is 0 Å². The molecule has 2 N–H and O–H groups in total. The smallest absolute Gasteiger partial charge is 0.237 e. The van der Waals surface area contributed by atoms with Gasteiger partial charge in [-0.05, 0) is 24.5 Å². The van der Waals surface area contributed by atoms with Crippen molar-refractivity contribution >= 4 is 35.4 Å². The number of hydrogen-bond acceptors (Lipinski definition) is 5. The first-order chi connectivity index (χ1) is 8.78. The van der Waals surface area contributed by atoms with E-state index in [1.54, 1.807) is 12.4 Å². The SMILES string of the molecule is CSc1nc(O)c(/C=C2/C=Nc3ncccc32)[nH]1. The van der Waals surface area contributed by atoms with Crippen molar-refractivity contribution in [2.45, 2.75) is 5.16 Å². The van der Waals surface area contributed by atoms with Crippen molar-refractivity contribution in [2.24, 2.45) is 4.99 Å². The molecule has 0 fully saturated rings. The van der Waals surface area contributed by atoms with Crippen molar-refractivity contribution in [3.05, 3.63) is 29.6 Å². The Morgan fingerprint density at radius 3 is 3.11 bits per heavy atom. The van der Waals surface area contributed by atoms with Crippen LogP contribution < -0.4 is 0 Å². The summed E-state index contributed by atoms with van der Waals surface area (Å²) in [4.78, 5) is 15.4. The van der Waals surface area contributed by atoms with Crippen LogP contribution in [0.2, 0.25) is 0 Å². The van der Waals surface area contributed by atoms with Crippen molar-refractivity contribution in [3.8, 4) is 5.88 Å². The molecule has 2 aromatic heterocycles. The number of H-pyrrole nitrogens is 1. The summed E-state index contributed by atoms with van der Waals surface area (Å²) in [6, 6.07) is 3.81. The molecule has 90 valence electrons. The number of aromatic amines is 1. The molecule has 3 heterocycles. The van der Waals surface area contributed by atoms with Gasteiger partial charge >= 0.3 is 0 Å². The number of aromatic nitrogens is 3. The number of imidazole rings is 1. The minimum atomic E-state index is -0.00223. The number of aromatic hydroxyl groups is 1. The Labute approximate surface area is 108 Å². The number of rotatable bonds is 2. The summed E-state index contributed by atoms with van der Waals surface area (Å²) < 4.78 is 0. The first kappa shape index (κ1) is 11.0. The molecule has 6 heteroatoms. The lowest BCUT2D eigenvalue weighted by Gasteiger charge is -1.97. The first-order valence-corrected chi connectivity index (χ1v) is 6.54. The number of pyridine rings is 1. The van der Waals surface area contributed by atoms with Crippen LogP contribution in [0.4, 0.5) is 5.82 Å². The molecule has 0 radical (unpaired) electrons. The van der Waals surface area contributed by atoms with Crippen LogP contribution in [0.15, 0.2) is 28.5 Å². The van der Waals surface area contributed by atoms with Crippen LogP contribution in [0.3, 0.4) is 0 Å². The first-order valence-electron chi connectivity index (χ1n) is 5.32. The Morgan fingerprint density at radius 2 is 2.33 bits per heavy atom. The van der Waals surface area contributed by atoms with Gasteiger partial charge < -0.3 is 10.1 Å². The molecule has 0 bridgehead atoms. The molecule has 1 aliphatic rings. The summed E-state index contributed by atoms with van der Waals surface area (Å²) in [6.07, 6.45) is 7.15. The zero-order valence-corrected chi connectivity index (χ0v) is 10.4. The Hall–Kier alpha value is -2.08. The Kier molecular flexibility index (Phi) is 2.64. The minimum Gasteiger partial charge on any atom is -0.492 e. The topological polar surface area (TPSA) is 74.2 Å². The van der Waals surface area contributed by atoms with Gasteiger partial charge in [-0.3, -0.25) is 0 Å². The maximum atomic E-state index is 9.71. The van der Waals surface area contributed by atoms with E-state index in [4.69, 9.17) is 0 Å². The largest absolute Gasteiger partial charge is 0.492 e. The number of allylic oxidation sites excluding steroid dienone is 1. The number of nitrogens with zero attached hydrogens (tertiary/aromatic N) is 3. The van der Waals surface area contributed by atoms with Gasteiger partial charge in [0.25, 0.3) is 0 Å². The number of fused-ring (bicyclic) bond motifs is 1. The molecule has 0 saturated carbocycles. The maximum absolute atomic E-state index is 9.71. The van der Waals surface area contributed by atoms with Crippen LogP contribution in [-0.2, 0) is 0 Å². The highest BCUT2D eigenvalue weighted by atomic mass is 32.2. The fraction of sp³-hybridized carbons (Fsp3) is 0.0833. The average Bonchev–Trinajstić information content (AvgIpc) is 2.95. The van der Waals surface area contributed by atoms with E-state index < -0.39 is 0 Å². The molecule has 0 saturated heterocycles. The molecule has 18 heavy (non-hydrogen) atoms. The van der Waals surface area contributed by atoms with Crippen molar-refractivity contribution in [1.82, 2.24) is 15.0 Å². The van der Waals surface area contributed by atoms with Gasteiger partial charge in [0.2, 0.25) is 5.88 Å². The molecule has 0 spiro atoms. The molecular weight excluding hydrogens is 248 g/mol. The lowest BCUT2D eigenvalue weighted by Crippen LogP contribution is -1.82. The van der Waals surface area contributed by atoms with Gasteiger partial charge in [0.1, 0.15) is 5.69 Å². The minimum absolute atomic E-state index is 0.00223. The van der Waals surface area contributed by atoms with E-state index in [9.17, 15) is 5.11 Å². The summed E-state index contributed by atoms with van der Waals surface area (Å²) in [7, 11) is 0. The monoisotopic (exact) mass is 258 g/mol. The van der Waals surface area contributed by atoms with Gasteiger partial charge in [0, 0.05) is 23.5 Å². The third-order valence-corrected chi connectivity index (χ3v) is 3.19. The highest BCUT2D eigenvalue weighted by Crippen LogP contribution is 2.31. The van der Waals surface area contributed by atoms with E-state index in [2.05, 4.69) is 19.9 Å². The van der Waals surface area contributed by atoms with E-state index >= 15 is 0 Å². The van der Waals surface area contributed by atoms with Gasteiger partial charge in [-0.15, -0.1) is 0 Å². The summed E-state index contributed by atoms with van der Waals surface area (Å²) in [6.45, 7) is 0. The second-order valence-electron chi connectivity index (χ2n) is 3.72. The normalized spacial score (nSPS) is 15.3. The molecule has 1 aliphatic heterocycles.